The van der Waals surface area contributed by atoms with Crippen LogP contribution in [-0.2, 0) is 0 Å². The molecule has 140 valence electrons. The van der Waals surface area contributed by atoms with Gasteiger partial charge in [-0.25, -0.2) is 4.98 Å². The molecule has 0 saturated carbocycles. The van der Waals surface area contributed by atoms with Crippen molar-refractivity contribution in [1.82, 2.24) is 10.3 Å². The number of aryl methyl sites for hydroxylation is 1. The summed E-state index contributed by atoms with van der Waals surface area (Å²) in [6.45, 7) is 4.54. The SMILES string of the molecule is Cc1sc(-c2ccco2)nc1C(=O)NCC1CCN(c2cccc(Br)c2)C1. The Balaban J connectivity index is 1.35. The predicted octanol–water partition coefficient (Wildman–Crippen LogP) is 4.73. The summed E-state index contributed by atoms with van der Waals surface area (Å²) in [5, 5.41) is 3.80. The first-order chi connectivity index (χ1) is 13.1. The van der Waals surface area contributed by atoms with Crippen molar-refractivity contribution >= 4 is 38.9 Å². The molecule has 1 unspecified atom stereocenters. The van der Waals surface area contributed by atoms with Crippen LogP contribution in [0.15, 0.2) is 51.6 Å². The van der Waals surface area contributed by atoms with Crippen LogP contribution in [0.5, 0.6) is 0 Å². The van der Waals surface area contributed by atoms with E-state index in [2.05, 4.69) is 49.3 Å². The van der Waals surface area contributed by atoms with Crippen LogP contribution >= 0.6 is 27.3 Å². The number of amides is 1. The van der Waals surface area contributed by atoms with Crippen molar-refractivity contribution in [1.29, 1.82) is 0 Å². The van der Waals surface area contributed by atoms with E-state index < -0.39 is 0 Å². The van der Waals surface area contributed by atoms with Crippen LogP contribution in [0.1, 0.15) is 21.8 Å². The maximum absolute atomic E-state index is 12.6. The Kier molecular flexibility index (Phi) is 5.31. The third-order valence-electron chi connectivity index (χ3n) is 4.75. The fraction of sp³-hybridized carbons (Fsp3) is 0.300. The van der Waals surface area contributed by atoms with E-state index in [9.17, 15) is 4.79 Å². The summed E-state index contributed by atoms with van der Waals surface area (Å²) in [4.78, 5) is 20.3. The zero-order chi connectivity index (χ0) is 18.8. The fourth-order valence-corrected chi connectivity index (χ4v) is 4.61. The highest BCUT2D eigenvalue weighted by Gasteiger charge is 2.24. The molecule has 1 aliphatic rings. The monoisotopic (exact) mass is 445 g/mol. The molecule has 4 rings (SSSR count). The van der Waals surface area contributed by atoms with Crippen molar-refractivity contribution < 1.29 is 9.21 Å². The van der Waals surface area contributed by atoms with Gasteiger partial charge in [-0.05, 0) is 49.6 Å². The zero-order valence-corrected chi connectivity index (χ0v) is 17.3. The lowest BCUT2D eigenvalue weighted by molar-refractivity contribution is 0.0943. The molecule has 1 saturated heterocycles. The van der Waals surface area contributed by atoms with E-state index in [1.807, 2.05) is 25.1 Å². The van der Waals surface area contributed by atoms with Crippen molar-refractivity contribution in [2.75, 3.05) is 24.5 Å². The number of halogens is 1. The molecule has 0 bridgehead atoms. The number of nitrogens with zero attached hydrogens (tertiary/aromatic N) is 2. The first-order valence-corrected chi connectivity index (χ1v) is 10.5. The summed E-state index contributed by atoms with van der Waals surface area (Å²) in [6, 6.07) is 12.0. The molecule has 1 aromatic carbocycles. The number of carbonyl (C=O) groups is 1. The average Bonchev–Trinajstić information content (AvgIpc) is 3.40. The zero-order valence-electron chi connectivity index (χ0n) is 14.9. The second kappa shape index (κ2) is 7.86. The number of anilines is 1. The van der Waals surface area contributed by atoms with Crippen molar-refractivity contribution in [3.8, 4) is 10.8 Å². The fourth-order valence-electron chi connectivity index (χ4n) is 3.34. The highest BCUT2D eigenvalue weighted by atomic mass is 79.9. The predicted molar refractivity (Wildman–Crippen MR) is 111 cm³/mol. The maximum Gasteiger partial charge on any atom is 0.271 e. The van der Waals surface area contributed by atoms with Crippen molar-refractivity contribution in [3.05, 3.63) is 57.7 Å². The molecule has 1 fully saturated rings. The summed E-state index contributed by atoms with van der Waals surface area (Å²) in [7, 11) is 0. The van der Waals surface area contributed by atoms with Gasteiger partial charge < -0.3 is 14.6 Å². The molecule has 0 radical (unpaired) electrons. The Morgan fingerprint density at radius 3 is 3.07 bits per heavy atom. The van der Waals surface area contributed by atoms with Gasteiger partial charge in [-0.3, -0.25) is 4.79 Å². The molecular formula is C20H20BrN3O2S. The lowest BCUT2D eigenvalue weighted by Gasteiger charge is -2.19. The van der Waals surface area contributed by atoms with Crippen molar-refractivity contribution in [2.24, 2.45) is 5.92 Å². The minimum Gasteiger partial charge on any atom is -0.462 e. The van der Waals surface area contributed by atoms with Gasteiger partial charge in [0.25, 0.3) is 5.91 Å². The molecule has 0 aliphatic carbocycles. The first-order valence-electron chi connectivity index (χ1n) is 8.90. The number of rotatable bonds is 5. The molecule has 2 aromatic heterocycles. The Hall–Kier alpha value is -2.12. The van der Waals surface area contributed by atoms with Gasteiger partial charge in [0.1, 0.15) is 5.69 Å². The number of nitrogens with one attached hydrogen (secondary N) is 1. The van der Waals surface area contributed by atoms with Gasteiger partial charge in [-0.2, -0.15) is 0 Å². The van der Waals surface area contributed by atoms with Crippen LogP contribution in [0.4, 0.5) is 5.69 Å². The van der Waals surface area contributed by atoms with Crippen LogP contribution in [0.25, 0.3) is 10.8 Å². The molecule has 1 aliphatic heterocycles. The number of hydrogen-bond acceptors (Lipinski definition) is 5. The van der Waals surface area contributed by atoms with Crippen molar-refractivity contribution in [2.45, 2.75) is 13.3 Å². The number of thiazole rings is 1. The van der Waals surface area contributed by atoms with Crippen LogP contribution < -0.4 is 10.2 Å². The number of aromatic nitrogens is 1. The van der Waals surface area contributed by atoms with E-state index in [0.29, 0.717) is 23.9 Å². The average molecular weight is 446 g/mol. The molecule has 27 heavy (non-hydrogen) atoms. The Bertz CT molecular complexity index is 939. The summed E-state index contributed by atoms with van der Waals surface area (Å²) in [5.74, 6) is 1.03. The third kappa shape index (κ3) is 4.09. The molecular weight excluding hydrogens is 426 g/mol. The van der Waals surface area contributed by atoms with Gasteiger partial charge in [0.05, 0.1) is 6.26 Å². The topological polar surface area (TPSA) is 58.4 Å². The normalized spacial score (nSPS) is 16.7. The minimum absolute atomic E-state index is 0.109. The van der Waals surface area contributed by atoms with Gasteiger partial charge in [0.2, 0.25) is 0 Å². The van der Waals surface area contributed by atoms with Gasteiger partial charge in [0, 0.05) is 34.7 Å². The second-order valence-corrected chi connectivity index (χ2v) is 8.81. The van der Waals surface area contributed by atoms with E-state index >= 15 is 0 Å². The van der Waals surface area contributed by atoms with Gasteiger partial charge in [0.15, 0.2) is 10.8 Å². The molecule has 1 amide bonds. The van der Waals surface area contributed by atoms with E-state index in [4.69, 9.17) is 4.42 Å². The van der Waals surface area contributed by atoms with E-state index in [1.54, 1.807) is 6.26 Å². The summed E-state index contributed by atoms with van der Waals surface area (Å²) in [5.41, 5.74) is 1.71. The standard InChI is InChI=1S/C20H20BrN3O2S/c1-13-18(23-20(27-13)17-6-3-9-26-17)19(25)22-11-14-7-8-24(12-14)16-5-2-4-15(21)10-16/h2-6,9-10,14H,7-8,11-12H2,1H3,(H,22,25). The van der Waals surface area contributed by atoms with Crippen LogP contribution in [0.3, 0.4) is 0 Å². The minimum atomic E-state index is -0.109. The highest BCUT2D eigenvalue weighted by Crippen LogP contribution is 2.28. The molecule has 7 heteroatoms. The van der Waals surface area contributed by atoms with E-state index in [0.717, 1.165) is 33.9 Å². The highest BCUT2D eigenvalue weighted by molar-refractivity contribution is 9.10. The smallest absolute Gasteiger partial charge is 0.271 e. The Labute approximate surface area is 170 Å². The largest absolute Gasteiger partial charge is 0.462 e. The molecule has 1 N–H and O–H groups in total. The number of benzene rings is 1. The van der Waals surface area contributed by atoms with Gasteiger partial charge in [-0.1, -0.05) is 22.0 Å². The van der Waals surface area contributed by atoms with Crippen molar-refractivity contribution in [3.63, 3.8) is 0 Å². The summed E-state index contributed by atoms with van der Waals surface area (Å²) >= 11 is 5.01. The number of hydrogen-bond donors (Lipinski definition) is 1. The first kappa shape index (κ1) is 18.3. The molecule has 5 nitrogen and oxygen atoms in total. The molecule has 1 atom stereocenters. The van der Waals surface area contributed by atoms with Gasteiger partial charge in [-0.15, -0.1) is 11.3 Å². The van der Waals surface area contributed by atoms with E-state index in [1.165, 1.54) is 17.0 Å². The van der Waals surface area contributed by atoms with Gasteiger partial charge >= 0.3 is 0 Å². The van der Waals surface area contributed by atoms with Crippen LogP contribution in [0.2, 0.25) is 0 Å². The van der Waals surface area contributed by atoms with Crippen LogP contribution in [0, 0.1) is 12.8 Å². The summed E-state index contributed by atoms with van der Waals surface area (Å²) in [6.07, 6.45) is 2.68. The third-order valence-corrected chi connectivity index (χ3v) is 6.23. The number of furan rings is 1. The second-order valence-electron chi connectivity index (χ2n) is 6.69. The lowest BCUT2D eigenvalue weighted by atomic mass is 10.1. The lowest BCUT2D eigenvalue weighted by Crippen LogP contribution is -2.31. The van der Waals surface area contributed by atoms with Crippen LogP contribution in [-0.4, -0.2) is 30.5 Å². The molecule has 3 heterocycles. The Morgan fingerprint density at radius 2 is 2.30 bits per heavy atom. The molecule has 0 spiro atoms. The molecule has 3 aromatic rings. The quantitative estimate of drug-likeness (QED) is 0.616. The Morgan fingerprint density at radius 1 is 1.41 bits per heavy atom. The summed E-state index contributed by atoms with van der Waals surface area (Å²) < 4.78 is 6.46. The maximum atomic E-state index is 12.6. The van der Waals surface area contributed by atoms with E-state index in [-0.39, 0.29) is 5.91 Å². The number of carbonyl (C=O) groups excluding carboxylic acids is 1.